The van der Waals surface area contributed by atoms with Crippen LogP contribution in [0.5, 0.6) is 0 Å². The lowest BCUT2D eigenvalue weighted by Crippen LogP contribution is -2.34. The van der Waals surface area contributed by atoms with E-state index in [1.165, 1.54) is 0 Å². The van der Waals surface area contributed by atoms with Crippen LogP contribution in [-0.2, 0) is 14.2 Å². The minimum atomic E-state index is -0.442. The molecule has 2 saturated heterocycles. The van der Waals surface area contributed by atoms with Gasteiger partial charge in [0.25, 0.3) is 0 Å². The summed E-state index contributed by atoms with van der Waals surface area (Å²) in [6.07, 6.45) is 0.622. The Morgan fingerprint density at radius 3 is 2.13 bits per heavy atom. The molecule has 2 rings (SSSR count). The molecule has 2 fully saturated rings. The van der Waals surface area contributed by atoms with Gasteiger partial charge in [0.2, 0.25) is 0 Å². The van der Waals surface area contributed by atoms with Gasteiger partial charge in [-0.25, -0.2) is 0 Å². The number of rotatable bonds is 1. The van der Waals surface area contributed by atoms with Crippen LogP contribution in [0, 0.1) is 11.8 Å². The van der Waals surface area contributed by atoms with Crippen molar-refractivity contribution in [3.8, 4) is 0 Å². The zero-order valence-electron chi connectivity index (χ0n) is 10.3. The van der Waals surface area contributed by atoms with Gasteiger partial charge in [-0.2, -0.15) is 0 Å². The van der Waals surface area contributed by atoms with E-state index in [1.807, 2.05) is 13.8 Å². The number of hydrogen-bond acceptors (Lipinski definition) is 3. The molecular formula is C12H22O3. The Kier molecular flexibility index (Phi) is 2.82. The van der Waals surface area contributed by atoms with Crippen molar-refractivity contribution in [3.05, 3.63) is 0 Å². The summed E-state index contributed by atoms with van der Waals surface area (Å²) >= 11 is 0. The summed E-state index contributed by atoms with van der Waals surface area (Å²) in [4.78, 5) is 0. The number of hydrogen-bond donors (Lipinski definition) is 0. The molecule has 5 unspecified atom stereocenters. The van der Waals surface area contributed by atoms with Crippen LogP contribution in [0.25, 0.3) is 0 Å². The van der Waals surface area contributed by atoms with Crippen molar-refractivity contribution in [2.24, 2.45) is 11.8 Å². The molecule has 88 valence electrons. The van der Waals surface area contributed by atoms with E-state index in [2.05, 4.69) is 20.8 Å². The van der Waals surface area contributed by atoms with Gasteiger partial charge in [-0.1, -0.05) is 13.8 Å². The summed E-state index contributed by atoms with van der Waals surface area (Å²) in [5.41, 5.74) is 0. The van der Waals surface area contributed by atoms with Crippen LogP contribution in [0.2, 0.25) is 0 Å². The van der Waals surface area contributed by atoms with Crippen molar-refractivity contribution in [2.45, 2.75) is 58.7 Å². The Hall–Kier alpha value is -0.120. The van der Waals surface area contributed by atoms with Gasteiger partial charge in [-0.05, 0) is 32.6 Å². The molecule has 15 heavy (non-hydrogen) atoms. The molecule has 5 atom stereocenters. The average molecular weight is 214 g/mol. The molecule has 0 aliphatic carbocycles. The predicted molar refractivity (Wildman–Crippen MR) is 57.6 cm³/mol. The lowest BCUT2D eigenvalue weighted by atomic mass is 9.89. The van der Waals surface area contributed by atoms with Crippen molar-refractivity contribution in [3.63, 3.8) is 0 Å². The number of ether oxygens (including phenoxy) is 3. The van der Waals surface area contributed by atoms with Crippen molar-refractivity contribution in [2.75, 3.05) is 6.61 Å². The van der Waals surface area contributed by atoms with Crippen molar-refractivity contribution in [1.29, 1.82) is 0 Å². The summed E-state index contributed by atoms with van der Waals surface area (Å²) in [7, 11) is 0. The van der Waals surface area contributed by atoms with Gasteiger partial charge in [-0.15, -0.1) is 0 Å². The van der Waals surface area contributed by atoms with Gasteiger partial charge >= 0.3 is 0 Å². The van der Waals surface area contributed by atoms with E-state index in [1.54, 1.807) is 0 Å². The molecule has 2 aliphatic rings. The summed E-state index contributed by atoms with van der Waals surface area (Å²) in [5, 5.41) is 0. The quantitative estimate of drug-likeness (QED) is 0.669. The van der Waals surface area contributed by atoms with Crippen molar-refractivity contribution in [1.82, 2.24) is 0 Å². The van der Waals surface area contributed by atoms with Crippen molar-refractivity contribution >= 4 is 0 Å². The SMILES string of the molecule is CC1OC(C2COC(C)(C)O2)C(C)C1C. The first-order valence-corrected chi connectivity index (χ1v) is 5.88. The monoisotopic (exact) mass is 214 g/mol. The molecule has 0 aromatic heterocycles. The zero-order chi connectivity index (χ0) is 11.2. The maximum atomic E-state index is 5.96. The molecule has 0 spiro atoms. The Morgan fingerprint density at radius 1 is 1.07 bits per heavy atom. The summed E-state index contributed by atoms with van der Waals surface area (Å²) < 4.78 is 17.4. The highest BCUT2D eigenvalue weighted by molar-refractivity contribution is 4.90. The van der Waals surface area contributed by atoms with Gasteiger partial charge in [0.15, 0.2) is 5.79 Å². The summed E-state index contributed by atoms with van der Waals surface area (Å²) in [6.45, 7) is 11.2. The second kappa shape index (κ2) is 3.72. The molecule has 3 heteroatoms. The second-order valence-corrected chi connectivity index (χ2v) is 5.39. The molecule has 2 aliphatic heterocycles. The molecule has 0 aromatic rings. The van der Waals surface area contributed by atoms with Gasteiger partial charge in [0.1, 0.15) is 6.10 Å². The molecule has 2 heterocycles. The zero-order valence-corrected chi connectivity index (χ0v) is 10.3. The first-order chi connectivity index (χ1) is 6.91. The molecule has 0 bridgehead atoms. The van der Waals surface area contributed by atoms with Gasteiger partial charge < -0.3 is 14.2 Å². The second-order valence-electron chi connectivity index (χ2n) is 5.39. The highest BCUT2D eigenvalue weighted by Crippen LogP contribution is 2.37. The standard InChI is InChI=1S/C12H22O3/c1-7-8(2)11(14-9(7)3)10-6-13-12(4,5)15-10/h7-11H,6H2,1-5H3. The Bertz CT molecular complexity index is 239. The first-order valence-electron chi connectivity index (χ1n) is 5.88. The lowest BCUT2D eigenvalue weighted by molar-refractivity contribution is -0.156. The van der Waals surface area contributed by atoms with Crippen LogP contribution in [0.3, 0.4) is 0 Å². The first kappa shape index (κ1) is 11.4. The lowest BCUT2D eigenvalue weighted by Gasteiger charge is -2.23. The van der Waals surface area contributed by atoms with Gasteiger partial charge in [0.05, 0.1) is 18.8 Å². The molecule has 3 nitrogen and oxygen atoms in total. The molecule has 0 radical (unpaired) electrons. The Balaban J connectivity index is 2.01. The van der Waals surface area contributed by atoms with Crippen LogP contribution in [0.15, 0.2) is 0 Å². The molecule has 0 N–H and O–H groups in total. The third-order valence-electron chi connectivity index (χ3n) is 3.86. The molecule has 0 amide bonds. The third-order valence-corrected chi connectivity index (χ3v) is 3.86. The largest absolute Gasteiger partial charge is 0.372 e. The Labute approximate surface area is 92.1 Å². The fourth-order valence-electron chi connectivity index (χ4n) is 2.53. The van der Waals surface area contributed by atoms with E-state index < -0.39 is 5.79 Å². The minimum absolute atomic E-state index is 0.0994. The molecule has 0 aromatic carbocycles. The highest BCUT2D eigenvalue weighted by atomic mass is 16.7. The average Bonchev–Trinajstić information content (AvgIpc) is 2.62. The normalized spacial score (nSPS) is 49.8. The van der Waals surface area contributed by atoms with E-state index in [9.17, 15) is 0 Å². The van der Waals surface area contributed by atoms with E-state index in [0.29, 0.717) is 24.5 Å². The topological polar surface area (TPSA) is 27.7 Å². The van der Waals surface area contributed by atoms with E-state index in [0.717, 1.165) is 0 Å². The van der Waals surface area contributed by atoms with E-state index in [-0.39, 0.29) is 12.2 Å². The van der Waals surface area contributed by atoms with Crippen LogP contribution in [-0.4, -0.2) is 30.7 Å². The van der Waals surface area contributed by atoms with Crippen LogP contribution in [0.1, 0.15) is 34.6 Å². The third kappa shape index (κ3) is 2.05. The van der Waals surface area contributed by atoms with Crippen molar-refractivity contribution < 1.29 is 14.2 Å². The van der Waals surface area contributed by atoms with Gasteiger partial charge in [0, 0.05) is 0 Å². The minimum Gasteiger partial charge on any atom is -0.372 e. The fourth-order valence-corrected chi connectivity index (χ4v) is 2.53. The highest BCUT2D eigenvalue weighted by Gasteiger charge is 2.46. The van der Waals surface area contributed by atoms with E-state index in [4.69, 9.17) is 14.2 Å². The van der Waals surface area contributed by atoms with Crippen LogP contribution in [0.4, 0.5) is 0 Å². The van der Waals surface area contributed by atoms with Crippen LogP contribution < -0.4 is 0 Å². The summed E-state index contributed by atoms with van der Waals surface area (Å²) in [5.74, 6) is 0.702. The predicted octanol–water partition coefficient (Wildman–Crippen LogP) is 2.20. The fraction of sp³-hybridized carbons (Fsp3) is 1.00. The molecule has 0 saturated carbocycles. The molecular weight excluding hydrogens is 192 g/mol. The maximum Gasteiger partial charge on any atom is 0.163 e. The maximum absolute atomic E-state index is 5.96. The smallest absolute Gasteiger partial charge is 0.163 e. The Morgan fingerprint density at radius 2 is 1.73 bits per heavy atom. The van der Waals surface area contributed by atoms with Gasteiger partial charge in [-0.3, -0.25) is 0 Å². The van der Waals surface area contributed by atoms with Crippen LogP contribution >= 0.6 is 0 Å². The van der Waals surface area contributed by atoms with E-state index >= 15 is 0 Å². The summed E-state index contributed by atoms with van der Waals surface area (Å²) in [6, 6.07) is 0.